The quantitative estimate of drug-likeness (QED) is 0.578. The molecule has 1 aliphatic carbocycles. The fourth-order valence-electron chi connectivity index (χ4n) is 3.11. The summed E-state index contributed by atoms with van der Waals surface area (Å²) in [6, 6.07) is -0.505. The molecule has 136 valence electrons. The molecular formula is C14H21N7O3S. The number of hydrogen-bond donors (Lipinski definition) is 2. The summed E-state index contributed by atoms with van der Waals surface area (Å²) in [6.45, 7) is 3.86. The van der Waals surface area contributed by atoms with Crippen molar-refractivity contribution in [2.45, 2.75) is 62.7 Å². The van der Waals surface area contributed by atoms with E-state index < -0.39 is 17.5 Å². The van der Waals surface area contributed by atoms with E-state index >= 15 is 0 Å². The molecule has 1 saturated carbocycles. The number of nitrogens with one attached hydrogen (secondary N) is 2. The SMILES string of the molecule is CC(C)n1nnnc1SCC(=O)NN1C(=O)NC2(CCCCC2)C1=O. The van der Waals surface area contributed by atoms with Gasteiger partial charge in [0, 0.05) is 0 Å². The van der Waals surface area contributed by atoms with E-state index in [4.69, 9.17) is 0 Å². The van der Waals surface area contributed by atoms with Gasteiger partial charge in [-0.3, -0.25) is 15.0 Å². The maximum atomic E-state index is 12.6. The molecule has 0 radical (unpaired) electrons. The minimum absolute atomic E-state index is 0.00282. The largest absolute Gasteiger partial charge is 0.344 e. The number of urea groups is 1. The molecule has 0 aromatic carbocycles. The van der Waals surface area contributed by atoms with Gasteiger partial charge in [0.25, 0.3) is 5.91 Å². The van der Waals surface area contributed by atoms with Crippen LogP contribution in [0.25, 0.3) is 0 Å². The number of hydrazine groups is 1. The van der Waals surface area contributed by atoms with Gasteiger partial charge in [0.1, 0.15) is 5.54 Å². The number of rotatable bonds is 5. The van der Waals surface area contributed by atoms with Crippen LogP contribution in [0.3, 0.4) is 0 Å². The molecule has 0 bridgehead atoms. The Kier molecular flexibility index (Phi) is 4.93. The summed E-state index contributed by atoms with van der Waals surface area (Å²) in [5, 5.41) is 15.4. The first kappa shape index (κ1) is 17.6. The van der Waals surface area contributed by atoms with Gasteiger partial charge in [0.15, 0.2) is 0 Å². The number of aromatic nitrogens is 4. The molecule has 1 aromatic rings. The van der Waals surface area contributed by atoms with Gasteiger partial charge in [0.05, 0.1) is 11.8 Å². The second kappa shape index (κ2) is 6.98. The minimum atomic E-state index is -0.850. The Morgan fingerprint density at radius 2 is 2.04 bits per heavy atom. The van der Waals surface area contributed by atoms with E-state index in [1.54, 1.807) is 4.68 Å². The average molecular weight is 367 g/mol. The molecule has 1 aliphatic heterocycles. The number of carbonyl (C=O) groups excluding carboxylic acids is 3. The summed E-state index contributed by atoms with van der Waals surface area (Å²) < 4.78 is 1.60. The zero-order chi connectivity index (χ0) is 18.0. The Labute approximate surface area is 149 Å². The standard InChI is InChI=1S/C14H21N7O3S/c1-9(2)20-13(16-18-19-20)25-8-10(22)17-21-11(23)14(15-12(21)24)6-4-3-5-7-14/h9H,3-8H2,1-2H3,(H,15,24)(H,17,22). The van der Waals surface area contributed by atoms with Crippen LogP contribution in [0.15, 0.2) is 5.16 Å². The molecule has 1 aromatic heterocycles. The summed E-state index contributed by atoms with van der Waals surface area (Å²) in [6.07, 6.45) is 4.06. The third kappa shape index (κ3) is 3.46. The summed E-state index contributed by atoms with van der Waals surface area (Å²) in [4.78, 5) is 36.8. The maximum Gasteiger partial charge on any atom is 0.344 e. The lowest BCUT2D eigenvalue weighted by Gasteiger charge is -2.30. The van der Waals surface area contributed by atoms with E-state index in [0.29, 0.717) is 18.0 Å². The second-order valence-electron chi connectivity index (χ2n) is 6.54. The Morgan fingerprint density at radius 1 is 1.32 bits per heavy atom. The van der Waals surface area contributed by atoms with Crippen molar-refractivity contribution in [1.29, 1.82) is 0 Å². The number of hydrogen-bond acceptors (Lipinski definition) is 7. The highest BCUT2D eigenvalue weighted by Crippen LogP contribution is 2.33. The first-order valence-corrected chi connectivity index (χ1v) is 9.28. The zero-order valence-corrected chi connectivity index (χ0v) is 15.0. The van der Waals surface area contributed by atoms with Crippen LogP contribution in [0.4, 0.5) is 4.79 Å². The smallest absolute Gasteiger partial charge is 0.322 e. The molecule has 4 amide bonds. The highest BCUT2D eigenvalue weighted by atomic mass is 32.2. The van der Waals surface area contributed by atoms with Crippen LogP contribution >= 0.6 is 11.8 Å². The van der Waals surface area contributed by atoms with Crippen molar-refractivity contribution in [3.8, 4) is 0 Å². The third-order valence-corrected chi connectivity index (χ3v) is 5.32. The number of nitrogens with zero attached hydrogens (tertiary/aromatic N) is 5. The van der Waals surface area contributed by atoms with Crippen LogP contribution in [-0.2, 0) is 9.59 Å². The van der Waals surface area contributed by atoms with Crippen LogP contribution in [0.5, 0.6) is 0 Å². The van der Waals surface area contributed by atoms with Gasteiger partial charge in [-0.1, -0.05) is 31.0 Å². The Balaban J connectivity index is 1.58. The molecule has 10 nitrogen and oxygen atoms in total. The van der Waals surface area contributed by atoms with Gasteiger partial charge in [-0.15, -0.1) is 5.10 Å². The number of imide groups is 1. The van der Waals surface area contributed by atoms with Gasteiger partial charge >= 0.3 is 6.03 Å². The Bertz CT molecular complexity index is 684. The van der Waals surface area contributed by atoms with Gasteiger partial charge in [-0.25, -0.2) is 9.48 Å². The molecule has 11 heteroatoms. The Hall–Kier alpha value is -2.17. The van der Waals surface area contributed by atoms with E-state index in [2.05, 4.69) is 26.3 Å². The fourth-order valence-corrected chi connectivity index (χ4v) is 3.91. The van der Waals surface area contributed by atoms with Crippen molar-refractivity contribution in [3.63, 3.8) is 0 Å². The van der Waals surface area contributed by atoms with Crippen molar-refractivity contribution in [3.05, 3.63) is 0 Å². The number of carbonyl (C=O) groups is 3. The average Bonchev–Trinajstić information content (AvgIpc) is 3.13. The number of thioether (sulfide) groups is 1. The molecule has 25 heavy (non-hydrogen) atoms. The molecule has 2 fully saturated rings. The van der Waals surface area contributed by atoms with Crippen molar-refractivity contribution >= 4 is 29.6 Å². The van der Waals surface area contributed by atoms with Gasteiger partial charge in [-0.05, 0) is 37.1 Å². The van der Waals surface area contributed by atoms with Crippen LogP contribution in [0.1, 0.15) is 52.0 Å². The fraction of sp³-hybridized carbons (Fsp3) is 0.714. The van der Waals surface area contributed by atoms with E-state index in [1.165, 1.54) is 0 Å². The predicted molar refractivity (Wildman–Crippen MR) is 88.3 cm³/mol. The molecule has 1 spiro atoms. The first-order chi connectivity index (χ1) is 11.9. The highest BCUT2D eigenvalue weighted by molar-refractivity contribution is 7.99. The lowest BCUT2D eigenvalue weighted by molar-refractivity contribution is -0.139. The molecule has 1 saturated heterocycles. The molecule has 2 heterocycles. The van der Waals surface area contributed by atoms with E-state index in [0.717, 1.165) is 36.0 Å². The number of amides is 4. The zero-order valence-electron chi connectivity index (χ0n) is 14.2. The number of tetrazole rings is 1. The molecular weight excluding hydrogens is 346 g/mol. The molecule has 3 rings (SSSR count). The van der Waals surface area contributed by atoms with Crippen LogP contribution in [0, 0.1) is 0 Å². The van der Waals surface area contributed by atoms with Crippen LogP contribution < -0.4 is 10.7 Å². The van der Waals surface area contributed by atoms with Crippen molar-refractivity contribution < 1.29 is 14.4 Å². The molecule has 2 N–H and O–H groups in total. The van der Waals surface area contributed by atoms with Crippen molar-refractivity contribution in [1.82, 2.24) is 36.0 Å². The third-order valence-electron chi connectivity index (χ3n) is 4.39. The van der Waals surface area contributed by atoms with Gasteiger partial charge in [0.2, 0.25) is 11.1 Å². The van der Waals surface area contributed by atoms with Crippen molar-refractivity contribution in [2.75, 3.05) is 5.75 Å². The lowest BCUT2D eigenvalue weighted by atomic mass is 9.82. The summed E-state index contributed by atoms with van der Waals surface area (Å²) >= 11 is 1.15. The van der Waals surface area contributed by atoms with Crippen LogP contribution in [0.2, 0.25) is 0 Å². The highest BCUT2D eigenvalue weighted by Gasteiger charge is 2.52. The normalized spacial score (nSPS) is 19.6. The summed E-state index contributed by atoms with van der Waals surface area (Å²) in [5.74, 6) is -0.834. The van der Waals surface area contributed by atoms with E-state index in [9.17, 15) is 14.4 Å². The van der Waals surface area contributed by atoms with Gasteiger partial charge < -0.3 is 5.32 Å². The summed E-state index contributed by atoms with van der Waals surface area (Å²) in [7, 11) is 0. The van der Waals surface area contributed by atoms with Gasteiger partial charge in [-0.2, -0.15) is 5.01 Å². The van der Waals surface area contributed by atoms with E-state index in [1.807, 2.05) is 13.8 Å². The maximum absolute atomic E-state index is 12.6. The molecule has 0 atom stereocenters. The molecule has 0 unspecified atom stereocenters. The Morgan fingerprint density at radius 3 is 2.72 bits per heavy atom. The predicted octanol–water partition coefficient (Wildman–Crippen LogP) is 0.632. The lowest BCUT2D eigenvalue weighted by Crippen LogP contribution is -2.51. The summed E-state index contributed by atoms with van der Waals surface area (Å²) in [5.41, 5.74) is 1.55. The van der Waals surface area contributed by atoms with Crippen LogP contribution in [-0.4, -0.2) is 54.4 Å². The van der Waals surface area contributed by atoms with Crippen molar-refractivity contribution in [2.24, 2.45) is 0 Å². The first-order valence-electron chi connectivity index (χ1n) is 8.30. The molecule has 2 aliphatic rings. The topological polar surface area (TPSA) is 122 Å². The van der Waals surface area contributed by atoms with E-state index in [-0.39, 0.29) is 17.7 Å². The minimum Gasteiger partial charge on any atom is -0.322 e. The second-order valence-corrected chi connectivity index (χ2v) is 7.48. The monoisotopic (exact) mass is 367 g/mol.